The normalized spacial score (nSPS) is 24.7. The minimum absolute atomic E-state index is 0.277. The van der Waals surface area contributed by atoms with Gasteiger partial charge in [0.1, 0.15) is 11.9 Å². The highest BCUT2D eigenvalue weighted by Gasteiger charge is 2.23. The van der Waals surface area contributed by atoms with Gasteiger partial charge in [-0.3, -0.25) is 0 Å². The van der Waals surface area contributed by atoms with Gasteiger partial charge in [-0.25, -0.2) is 0 Å². The minimum atomic E-state index is -0.552. The molecule has 1 aliphatic rings. The molecule has 1 aliphatic heterocycles. The average molecular weight is 192 g/mol. The first-order valence-corrected chi connectivity index (χ1v) is 4.45. The second-order valence-electron chi connectivity index (χ2n) is 3.15. The maximum Gasteiger partial charge on any atom is 0.152 e. The Hall–Kier alpha value is -1.48. The predicted octanol–water partition coefficient (Wildman–Crippen LogP) is 1.64. The van der Waals surface area contributed by atoms with Gasteiger partial charge in [-0.1, -0.05) is 12.1 Å². The lowest BCUT2D eigenvalue weighted by atomic mass is 10.1. The molecule has 0 saturated heterocycles. The van der Waals surface area contributed by atoms with Crippen molar-refractivity contribution >= 4 is 0 Å². The Labute approximate surface area is 82.6 Å². The Morgan fingerprint density at radius 3 is 2.50 bits per heavy atom. The highest BCUT2D eigenvalue weighted by molar-refractivity contribution is 5.30. The third kappa shape index (κ3) is 1.59. The number of benzene rings is 1. The first-order chi connectivity index (χ1) is 6.81. The van der Waals surface area contributed by atoms with E-state index in [1.54, 1.807) is 13.2 Å². The van der Waals surface area contributed by atoms with Crippen molar-refractivity contribution in [2.45, 2.75) is 12.2 Å². The molecule has 0 unspecified atom stereocenters. The first-order valence-electron chi connectivity index (χ1n) is 4.45. The Morgan fingerprint density at radius 1 is 1.29 bits per heavy atom. The van der Waals surface area contributed by atoms with Crippen molar-refractivity contribution in [1.82, 2.24) is 0 Å². The minimum Gasteiger partial charge on any atom is -0.497 e. The highest BCUT2D eigenvalue weighted by Crippen LogP contribution is 2.28. The van der Waals surface area contributed by atoms with E-state index in [-0.39, 0.29) is 6.10 Å². The lowest BCUT2D eigenvalue weighted by Crippen LogP contribution is -2.12. The number of rotatable bonds is 2. The number of aliphatic hydroxyl groups is 1. The van der Waals surface area contributed by atoms with Crippen molar-refractivity contribution in [2.24, 2.45) is 0 Å². The maximum atomic E-state index is 9.53. The van der Waals surface area contributed by atoms with Crippen LogP contribution in [0.5, 0.6) is 5.75 Å². The topological polar surface area (TPSA) is 38.7 Å². The van der Waals surface area contributed by atoms with Crippen LogP contribution in [0.25, 0.3) is 0 Å². The zero-order valence-electron chi connectivity index (χ0n) is 7.88. The van der Waals surface area contributed by atoms with E-state index in [1.807, 2.05) is 24.3 Å². The van der Waals surface area contributed by atoms with Gasteiger partial charge < -0.3 is 14.6 Å². The first kappa shape index (κ1) is 9.09. The van der Waals surface area contributed by atoms with Crippen molar-refractivity contribution in [3.8, 4) is 5.75 Å². The van der Waals surface area contributed by atoms with Gasteiger partial charge in [0.05, 0.1) is 13.4 Å². The fourth-order valence-corrected chi connectivity index (χ4v) is 1.46. The van der Waals surface area contributed by atoms with Crippen LogP contribution in [0.3, 0.4) is 0 Å². The summed E-state index contributed by atoms with van der Waals surface area (Å²) < 4.78 is 10.3. The fourth-order valence-electron chi connectivity index (χ4n) is 1.46. The Morgan fingerprint density at radius 2 is 2.00 bits per heavy atom. The molecule has 1 aromatic carbocycles. The van der Waals surface area contributed by atoms with E-state index in [4.69, 9.17) is 9.47 Å². The maximum absolute atomic E-state index is 9.53. The van der Waals surface area contributed by atoms with E-state index in [1.165, 1.54) is 6.26 Å². The molecular weight excluding hydrogens is 180 g/mol. The summed E-state index contributed by atoms with van der Waals surface area (Å²) in [5, 5.41) is 9.53. The zero-order valence-corrected chi connectivity index (χ0v) is 7.88. The second-order valence-corrected chi connectivity index (χ2v) is 3.15. The van der Waals surface area contributed by atoms with Crippen LogP contribution in [0.15, 0.2) is 36.6 Å². The molecular formula is C11H12O3. The number of aliphatic hydroxyl groups excluding tert-OH is 1. The SMILES string of the molecule is COc1ccc([C@@H]2OC=C[C@@H]2O)cc1. The van der Waals surface area contributed by atoms with E-state index in [2.05, 4.69) is 0 Å². The molecule has 0 aliphatic carbocycles. The Kier molecular flexibility index (Phi) is 2.41. The molecule has 0 fully saturated rings. The molecule has 1 N–H and O–H groups in total. The van der Waals surface area contributed by atoms with Crippen LogP contribution in [0.4, 0.5) is 0 Å². The van der Waals surface area contributed by atoms with E-state index in [0.29, 0.717) is 0 Å². The van der Waals surface area contributed by atoms with E-state index < -0.39 is 6.10 Å². The quantitative estimate of drug-likeness (QED) is 0.774. The van der Waals surface area contributed by atoms with Gasteiger partial charge in [-0.05, 0) is 23.8 Å². The molecule has 74 valence electrons. The summed E-state index contributed by atoms with van der Waals surface area (Å²) in [6, 6.07) is 7.48. The van der Waals surface area contributed by atoms with E-state index in [9.17, 15) is 5.11 Å². The van der Waals surface area contributed by atoms with Crippen molar-refractivity contribution in [1.29, 1.82) is 0 Å². The van der Waals surface area contributed by atoms with Crippen LogP contribution < -0.4 is 4.74 Å². The van der Waals surface area contributed by atoms with Crippen LogP contribution >= 0.6 is 0 Å². The molecule has 0 bridgehead atoms. The molecule has 14 heavy (non-hydrogen) atoms. The van der Waals surface area contributed by atoms with Gasteiger partial charge in [-0.15, -0.1) is 0 Å². The van der Waals surface area contributed by atoms with Crippen LogP contribution in [0.2, 0.25) is 0 Å². The van der Waals surface area contributed by atoms with Crippen molar-refractivity contribution in [2.75, 3.05) is 7.11 Å². The molecule has 0 aromatic heterocycles. The van der Waals surface area contributed by atoms with Crippen LogP contribution in [-0.4, -0.2) is 18.3 Å². The van der Waals surface area contributed by atoms with Gasteiger partial charge in [-0.2, -0.15) is 0 Å². The number of hydrogen-bond acceptors (Lipinski definition) is 3. The molecule has 0 saturated carbocycles. The molecule has 1 aromatic rings. The van der Waals surface area contributed by atoms with Crippen molar-refractivity contribution in [3.63, 3.8) is 0 Å². The Bertz CT molecular complexity index is 329. The van der Waals surface area contributed by atoms with Gasteiger partial charge in [0.25, 0.3) is 0 Å². The summed E-state index contributed by atoms with van der Waals surface area (Å²) in [6.45, 7) is 0. The summed E-state index contributed by atoms with van der Waals surface area (Å²) in [5.74, 6) is 0.800. The van der Waals surface area contributed by atoms with Gasteiger partial charge in [0, 0.05) is 0 Å². The van der Waals surface area contributed by atoms with Gasteiger partial charge in [0.15, 0.2) is 6.10 Å². The van der Waals surface area contributed by atoms with Crippen LogP contribution in [-0.2, 0) is 4.74 Å². The summed E-state index contributed by atoms with van der Waals surface area (Å²) in [6.07, 6.45) is 2.33. The summed E-state index contributed by atoms with van der Waals surface area (Å²) >= 11 is 0. The number of methoxy groups -OCH3 is 1. The standard InChI is InChI=1S/C11H12O3/c1-13-9-4-2-8(3-5-9)11-10(12)6-7-14-11/h2-7,10-12H,1H3/t10-,11-/m0/s1. The number of hydrogen-bond donors (Lipinski definition) is 1. The molecule has 0 spiro atoms. The van der Waals surface area contributed by atoms with E-state index >= 15 is 0 Å². The van der Waals surface area contributed by atoms with Gasteiger partial charge >= 0.3 is 0 Å². The molecule has 2 atom stereocenters. The average Bonchev–Trinajstić information content (AvgIpc) is 2.65. The lowest BCUT2D eigenvalue weighted by Gasteiger charge is -2.14. The van der Waals surface area contributed by atoms with Crippen LogP contribution in [0, 0.1) is 0 Å². The molecule has 3 heteroatoms. The molecule has 2 rings (SSSR count). The molecule has 0 radical (unpaired) electrons. The van der Waals surface area contributed by atoms with Crippen molar-refractivity contribution < 1.29 is 14.6 Å². The third-order valence-electron chi connectivity index (χ3n) is 2.26. The zero-order chi connectivity index (χ0) is 9.97. The fraction of sp³-hybridized carbons (Fsp3) is 0.273. The largest absolute Gasteiger partial charge is 0.497 e. The summed E-state index contributed by atoms with van der Waals surface area (Å²) in [7, 11) is 1.62. The molecule has 1 heterocycles. The Balaban J connectivity index is 2.17. The van der Waals surface area contributed by atoms with E-state index in [0.717, 1.165) is 11.3 Å². The van der Waals surface area contributed by atoms with Gasteiger partial charge in [0.2, 0.25) is 0 Å². The predicted molar refractivity (Wildman–Crippen MR) is 52.0 cm³/mol. The summed E-state index contributed by atoms with van der Waals surface area (Å²) in [5.41, 5.74) is 0.948. The molecule has 0 amide bonds. The monoisotopic (exact) mass is 192 g/mol. The smallest absolute Gasteiger partial charge is 0.152 e. The third-order valence-corrected chi connectivity index (χ3v) is 2.26. The lowest BCUT2D eigenvalue weighted by molar-refractivity contribution is 0.0633. The van der Waals surface area contributed by atoms with Crippen molar-refractivity contribution in [3.05, 3.63) is 42.2 Å². The second kappa shape index (κ2) is 3.72. The molecule has 3 nitrogen and oxygen atoms in total. The summed E-state index contributed by atoms with van der Waals surface area (Å²) in [4.78, 5) is 0. The number of ether oxygens (including phenoxy) is 2. The van der Waals surface area contributed by atoms with Crippen LogP contribution in [0.1, 0.15) is 11.7 Å². The highest BCUT2D eigenvalue weighted by atomic mass is 16.5.